The largest absolute Gasteiger partial charge is 0.371 e. The summed E-state index contributed by atoms with van der Waals surface area (Å²) in [5.74, 6) is 5.28. The van der Waals surface area contributed by atoms with Crippen LogP contribution in [0.2, 0.25) is 0 Å². The third kappa shape index (κ3) is 3.27. The van der Waals surface area contributed by atoms with Crippen LogP contribution in [-0.2, 0) is 5.60 Å². The molecule has 0 saturated heterocycles. The van der Waals surface area contributed by atoms with E-state index in [2.05, 4.69) is 21.9 Å². The molecule has 0 saturated carbocycles. The van der Waals surface area contributed by atoms with Gasteiger partial charge >= 0.3 is 0 Å². The zero-order chi connectivity index (χ0) is 19.7. The third-order valence-corrected chi connectivity index (χ3v) is 5.19. The number of amides is 1. The normalized spacial score (nSPS) is 12.9. The van der Waals surface area contributed by atoms with Crippen molar-refractivity contribution in [3.05, 3.63) is 76.4 Å². The lowest BCUT2D eigenvalue weighted by molar-refractivity contribution is 0.0996. The van der Waals surface area contributed by atoms with Crippen LogP contribution in [-0.4, -0.2) is 25.8 Å². The Labute approximate surface area is 165 Å². The average molecular weight is 388 g/mol. The number of hydrogen-bond donors (Lipinski definition) is 2. The number of carbonyl (C=O) groups excluding carboxylic acids is 1. The van der Waals surface area contributed by atoms with Gasteiger partial charge in [-0.3, -0.25) is 4.79 Å². The van der Waals surface area contributed by atoms with Gasteiger partial charge in [0.15, 0.2) is 11.3 Å². The van der Waals surface area contributed by atoms with Gasteiger partial charge in [-0.05, 0) is 31.2 Å². The minimum Gasteiger partial charge on any atom is -0.371 e. The summed E-state index contributed by atoms with van der Waals surface area (Å²) in [6, 6.07) is 14.8. The molecule has 4 rings (SSSR count). The van der Waals surface area contributed by atoms with Gasteiger partial charge in [-0.25, -0.2) is 9.67 Å². The Kier molecular flexibility index (Phi) is 4.43. The topological polar surface area (TPSA) is 94.0 Å². The number of primary amides is 1. The fourth-order valence-electron chi connectivity index (χ4n) is 2.87. The van der Waals surface area contributed by atoms with Crippen LogP contribution in [0.5, 0.6) is 0 Å². The zero-order valence-corrected chi connectivity index (χ0v) is 15.8. The van der Waals surface area contributed by atoms with Crippen LogP contribution in [0, 0.1) is 11.8 Å². The van der Waals surface area contributed by atoms with Gasteiger partial charge in [-0.2, -0.15) is 5.10 Å². The number of rotatable bonds is 3. The molecule has 3 N–H and O–H groups in total. The minimum absolute atomic E-state index is 0.221. The zero-order valence-electron chi connectivity index (χ0n) is 15.0. The van der Waals surface area contributed by atoms with Gasteiger partial charge in [0.25, 0.3) is 5.91 Å². The van der Waals surface area contributed by atoms with Crippen molar-refractivity contribution in [2.45, 2.75) is 12.5 Å². The van der Waals surface area contributed by atoms with Gasteiger partial charge in [0.1, 0.15) is 5.01 Å². The smallest absolute Gasteiger partial charge is 0.269 e. The lowest BCUT2D eigenvalue weighted by Gasteiger charge is -2.12. The summed E-state index contributed by atoms with van der Waals surface area (Å²) in [7, 11) is 0. The number of aliphatic hydroxyl groups is 1. The van der Waals surface area contributed by atoms with Crippen LogP contribution in [0.25, 0.3) is 16.6 Å². The van der Waals surface area contributed by atoms with E-state index < -0.39 is 11.5 Å². The number of carbonyl (C=O) groups is 1. The molecule has 0 fully saturated rings. The number of thiazole rings is 1. The molecule has 2 heterocycles. The summed E-state index contributed by atoms with van der Waals surface area (Å²) in [6.45, 7) is 1.61. The molecule has 0 unspecified atom stereocenters. The number of fused-ring (bicyclic) bond motifs is 1. The predicted octanol–water partition coefficient (Wildman–Crippen LogP) is 2.84. The summed E-state index contributed by atoms with van der Waals surface area (Å²) >= 11 is 1.35. The molecule has 7 heteroatoms. The second-order valence-electron chi connectivity index (χ2n) is 6.35. The van der Waals surface area contributed by atoms with Gasteiger partial charge < -0.3 is 10.8 Å². The van der Waals surface area contributed by atoms with Crippen molar-refractivity contribution in [1.29, 1.82) is 0 Å². The van der Waals surface area contributed by atoms with Crippen molar-refractivity contribution < 1.29 is 9.90 Å². The molecular weight excluding hydrogens is 372 g/mol. The second kappa shape index (κ2) is 6.93. The van der Waals surface area contributed by atoms with E-state index in [1.807, 2.05) is 48.5 Å². The highest BCUT2D eigenvalue weighted by molar-refractivity contribution is 7.09. The first kappa shape index (κ1) is 17.9. The standard InChI is InChI=1S/C21H16N4O2S/c1-21(27,20-23-11-12-28-20)10-9-14-5-4-6-15(13-14)25-17-8-3-2-7-16(17)18(24-25)19(22)26/h2-8,11-13,27H,1H3,(H2,22,26)/t21-/m1/s1. The van der Waals surface area contributed by atoms with Crippen LogP contribution in [0.4, 0.5) is 0 Å². The van der Waals surface area contributed by atoms with Crippen LogP contribution in [0.1, 0.15) is 28.0 Å². The Morgan fingerprint density at radius 3 is 2.82 bits per heavy atom. The lowest BCUT2D eigenvalue weighted by Crippen LogP contribution is -2.17. The molecule has 28 heavy (non-hydrogen) atoms. The highest BCUT2D eigenvalue weighted by atomic mass is 32.1. The first-order valence-corrected chi connectivity index (χ1v) is 9.37. The van der Waals surface area contributed by atoms with E-state index in [1.165, 1.54) is 11.3 Å². The van der Waals surface area contributed by atoms with Crippen molar-refractivity contribution in [3.8, 4) is 17.5 Å². The van der Waals surface area contributed by atoms with E-state index in [1.54, 1.807) is 23.2 Å². The van der Waals surface area contributed by atoms with Crippen molar-refractivity contribution >= 4 is 28.1 Å². The monoisotopic (exact) mass is 388 g/mol. The predicted molar refractivity (Wildman–Crippen MR) is 108 cm³/mol. The molecule has 6 nitrogen and oxygen atoms in total. The number of hydrogen-bond acceptors (Lipinski definition) is 5. The summed E-state index contributed by atoms with van der Waals surface area (Å²) in [6.07, 6.45) is 1.63. The first-order valence-electron chi connectivity index (χ1n) is 8.49. The summed E-state index contributed by atoms with van der Waals surface area (Å²) in [5, 5.41) is 18.0. The molecule has 138 valence electrons. The summed E-state index contributed by atoms with van der Waals surface area (Å²) in [5.41, 5.74) is 6.58. The molecule has 1 atom stereocenters. The molecule has 0 radical (unpaired) electrons. The van der Waals surface area contributed by atoms with Crippen molar-refractivity contribution in [3.63, 3.8) is 0 Å². The molecule has 0 aliphatic carbocycles. The molecule has 0 spiro atoms. The number of nitrogens with zero attached hydrogens (tertiary/aromatic N) is 3. The summed E-state index contributed by atoms with van der Waals surface area (Å²) in [4.78, 5) is 15.9. The van der Waals surface area contributed by atoms with Crippen LogP contribution in [0.3, 0.4) is 0 Å². The van der Waals surface area contributed by atoms with Crippen LogP contribution >= 0.6 is 11.3 Å². The van der Waals surface area contributed by atoms with Gasteiger partial charge in [0, 0.05) is 22.5 Å². The van der Waals surface area contributed by atoms with E-state index in [9.17, 15) is 9.90 Å². The fourth-order valence-corrected chi connectivity index (χ4v) is 3.52. The maximum Gasteiger partial charge on any atom is 0.269 e. The van der Waals surface area contributed by atoms with Gasteiger partial charge in [0.05, 0.1) is 11.2 Å². The van der Waals surface area contributed by atoms with Crippen molar-refractivity contribution in [1.82, 2.24) is 14.8 Å². The SMILES string of the molecule is C[C@@](O)(C#Cc1cccc(-n2nc(C(N)=O)c3ccccc32)c1)c1nccs1. The van der Waals surface area contributed by atoms with Crippen LogP contribution in [0.15, 0.2) is 60.1 Å². The first-order chi connectivity index (χ1) is 13.5. The molecule has 2 aromatic heterocycles. The molecule has 0 aliphatic heterocycles. The number of nitrogens with two attached hydrogens (primary N) is 1. The Bertz CT molecular complexity index is 1230. The van der Waals surface area contributed by atoms with E-state index in [4.69, 9.17) is 5.73 Å². The Morgan fingerprint density at radius 1 is 1.25 bits per heavy atom. The summed E-state index contributed by atoms with van der Waals surface area (Å²) < 4.78 is 1.67. The van der Waals surface area contributed by atoms with Crippen molar-refractivity contribution in [2.75, 3.05) is 0 Å². The van der Waals surface area contributed by atoms with Gasteiger partial charge in [0.2, 0.25) is 0 Å². The van der Waals surface area contributed by atoms with Crippen LogP contribution < -0.4 is 5.73 Å². The average Bonchev–Trinajstić information content (AvgIpc) is 3.35. The highest BCUT2D eigenvalue weighted by Gasteiger charge is 2.22. The molecule has 1 amide bonds. The van der Waals surface area contributed by atoms with Gasteiger partial charge in [-0.15, -0.1) is 11.3 Å². The molecular formula is C21H16N4O2S. The van der Waals surface area contributed by atoms with E-state index in [0.29, 0.717) is 16.0 Å². The van der Waals surface area contributed by atoms with E-state index >= 15 is 0 Å². The number of para-hydroxylation sites is 1. The maximum atomic E-state index is 11.7. The Hall–Kier alpha value is -3.47. The van der Waals surface area contributed by atoms with Crippen molar-refractivity contribution in [2.24, 2.45) is 5.73 Å². The fraction of sp³-hybridized carbons (Fsp3) is 0.0952. The maximum absolute atomic E-state index is 11.7. The van der Waals surface area contributed by atoms with E-state index in [-0.39, 0.29) is 5.69 Å². The number of aromatic nitrogens is 3. The Balaban J connectivity index is 1.76. The molecule has 4 aromatic rings. The number of benzene rings is 2. The Morgan fingerprint density at radius 2 is 2.07 bits per heavy atom. The lowest BCUT2D eigenvalue weighted by atomic mass is 10.1. The van der Waals surface area contributed by atoms with E-state index in [0.717, 1.165) is 11.2 Å². The quantitative estimate of drug-likeness (QED) is 0.528. The second-order valence-corrected chi connectivity index (χ2v) is 7.25. The molecule has 0 bridgehead atoms. The highest BCUT2D eigenvalue weighted by Crippen LogP contribution is 2.23. The third-order valence-electron chi connectivity index (χ3n) is 4.21. The molecule has 0 aliphatic rings. The van der Waals surface area contributed by atoms with Gasteiger partial charge in [-0.1, -0.05) is 36.1 Å². The molecule has 2 aromatic carbocycles. The minimum atomic E-state index is -1.33.